The summed E-state index contributed by atoms with van der Waals surface area (Å²) in [5.74, 6) is 0.639. The number of hydrogen-bond donors (Lipinski definition) is 2. The van der Waals surface area contributed by atoms with Gasteiger partial charge in [0.25, 0.3) is 0 Å². The summed E-state index contributed by atoms with van der Waals surface area (Å²) in [4.78, 5) is 31.1. The number of benzene rings is 3. The van der Waals surface area contributed by atoms with E-state index in [1.165, 1.54) is 0 Å². The van der Waals surface area contributed by atoms with Gasteiger partial charge in [0.05, 0.1) is 51.9 Å². The molecular formula is C52H71Cl3N4O7S. The molecule has 2 saturated carbocycles. The average molecular weight is 1000 g/mol. The van der Waals surface area contributed by atoms with Crippen molar-refractivity contribution in [3.63, 3.8) is 0 Å². The molecule has 6 atom stereocenters. The number of nitrogens with zero attached hydrogens (tertiary/aromatic N) is 4. The van der Waals surface area contributed by atoms with Crippen molar-refractivity contribution >= 4 is 35.3 Å². The maximum absolute atomic E-state index is 13.4. The molecule has 0 spiro atoms. The number of imidazole rings is 1. The monoisotopic (exact) mass is 1000 g/mol. The molecule has 0 radical (unpaired) electrons. The number of quaternary nitrogens is 2. The topological polar surface area (TPSA) is 120 Å². The average Bonchev–Trinajstić information content (AvgIpc) is 4.19. The maximum atomic E-state index is 13.4. The Hall–Kier alpha value is -3.33. The van der Waals surface area contributed by atoms with Gasteiger partial charge in [-0.25, -0.2) is 14.6 Å². The van der Waals surface area contributed by atoms with Gasteiger partial charge in [0, 0.05) is 62.7 Å². The number of halogens is 3. The number of ether oxygens (including phenoxy) is 3. The minimum atomic E-state index is -1.56. The van der Waals surface area contributed by atoms with Gasteiger partial charge in [0.15, 0.2) is 28.6 Å². The van der Waals surface area contributed by atoms with Crippen LogP contribution in [0.5, 0.6) is 5.75 Å². The zero-order valence-electron chi connectivity index (χ0n) is 39.5. The minimum absolute atomic E-state index is 0. The molecule has 2 N–H and O–H groups in total. The van der Waals surface area contributed by atoms with Crippen LogP contribution >= 0.6 is 23.4 Å². The van der Waals surface area contributed by atoms with E-state index in [0.29, 0.717) is 28.5 Å². The van der Waals surface area contributed by atoms with E-state index in [0.717, 1.165) is 136 Å². The van der Waals surface area contributed by atoms with Crippen molar-refractivity contribution in [1.82, 2.24) is 9.55 Å². The van der Waals surface area contributed by atoms with Crippen LogP contribution in [0.25, 0.3) is 0 Å². The van der Waals surface area contributed by atoms with E-state index in [2.05, 4.69) is 19.1 Å². The molecule has 2 aliphatic heterocycles. The number of likely N-dealkylation sites (tertiary alicyclic amines) is 2. The molecule has 8 rings (SSSR count). The zero-order valence-corrected chi connectivity index (χ0v) is 42.5. The van der Waals surface area contributed by atoms with Gasteiger partial charge in [-0.15, -0.1) is 0 Å². The molecule has 4 aromatic rings. The Morgan fingerprint density at radius 2 is 1.18 bits per heavy atom. The van der Waals surface area contributed by atoms with Crippen LogP contribution in [-0.2, 0) is 37.3 Å². The molecule has 67 heavy (non-hydrogen) atoms. The highest BCUT2D eigenvalue weighted by Gasteiger charge is 2.51. The third-order valence-electron chi connectivity index (χ3n) is 14.5. The van der Waals surface area contributed by atoms with Crippen LogP contribution in [-0.4, -0.2) is 119 Å². The van der Waals surface area contributed by atoms with Crippen LogP contribution in [0.15, 0.2) is 102 Å². The summed E-state index contributed by atoms with van der Waals surface area (Å²) in [7, 11) is 6.47. The first kappa shape index (κ1) is 54.6. The van der Waals surface area contributed by atoms with Crippen molar-refractivity contribution < 1.29 is 67.8 Å². The lowest BCUT2D eigenvalue weighted by atomic mass is 9.80. The molecule has 2 aliphatic carbocycles. The highest BCUT2D eigenvalue weighted by molar-refractivity contribution is 7.99. The predicted molar refractivity (Wildman–Crippen MR) is 255 cm³/mol. The number of carbonyl (C=O) groups is 2. The standard InChI is InChI=1S/C27H35ClNO4.C25H36N3O3S.2ClH/c1-29(17-9-19-32-25-15-8-7-14-24(25)28)18-16-23(20-29)33-26(30)27(31,22-12-5-6-13-22)21-10-3-2-4-11-21;1-27-15-14-26-24(27)32-18-8-16-28(2)17-13-22(19-28)31-23(29)25(30,21-11-6-7-12-21)20-9-4-3-5-10-20;;/h2-4,7-8,10-11,14-15,22-23,31H,5-6,9,12-13,16-20H2,1H3;3-5,9-10,14-15,21-22,30H,6-8,11-13,16-19H2,1-2H3;2*1H/q2*+1;;/p-2/t23-,27+,29?;22-,25+,28?;;/m11../s1. The quantitative estimate of drug-likeness (QED) is 0.0672. The van der Waals surface area contributed by atoms with Crippen LogP contribution in [0.2, 0.25) is 5.02 Å². The van der Waals surface area contributed by atoms with Crippen LogP contribution in [0.4, 0.5) is 0 Å². The first-order valence-corrected chi connectivity index (χ1v) is 25.3. The first-order chi connectivity index (χ1) is 31.3. The highest BCUT2D eigenvalue weighted by Crippen LogP contribution is 2.43. The Morgan fingerprint density at radius 3 is 1.64 bits per heavy atom. The lowest BCUT2D eigenvalue weighted by Crippen LogP contribution is -3.00. The molecule has 1 aromatic heterocycles. The summed E-state index contributed by atoms with van der Waals surface area (Å²) in [5, 5.41) is 24.9. The number of aliphatic hydroxyl groups is 2. The zero-order chi connectivity index (χ0) is 45.9. The van der Waals surface area contributed by atoms with Crippen molar-refractivity contribution in [2.45, 2.75) is 106 Å². The van der Waals surface area contributed by atoms with Gasteiger partial charge in [-0.2, -0.15) is 0 Å². The molecule has 2 saturated heterocycles. The summed E-state index contributed by atoms with van der Waals surface area (Å²) in [6, 6.07) is 26.2. The van der Waals surface area contributed by atoms with Crippen molar-refractivity contribution in [3.05, 3.63) is 113 Å². The van der Waals surface area contributed by atoms with Crippen LogP contribution in [0.3, 0.4) is 0 Å². The smallest absolute Gasteiger partial charge is 0.343 e. The maximum Gasteiger partial charge on any atom is 0.343 e. The Morgan fingerprint density at radius 1 is 0.716 bits per heavy atom. The molecule has 0 bridgehead atoms. The Labute approximate surface area is 419 Å². The molecule has 2 unspecified atom stereocenters. The Bertz CT molecular complexity index is 2150. The van der Waals surface area contributed by atoms with Gasteiger partial charge >= 0.3 is 11.9 Å². The number of likely N-dealkylation sites (N-methyl/N-ethyl adjacent to an activating group) is 2. The highest BCUT2D eigenvalue weighted by atomic mass is 35.5. The fourth-order valence-electron chi connectivity index (χ4n) is 10.7. The van der Waals surface area contributed by atoms with Gasteiger partial charge in [0.1, 0.15) is 18.8 Å². The largest absolute Gasteiger partial charge is 1.00 e. The van der Waals surface area contributed by atoms with E-state index in [-0.39, 0.29) is 48.9 Å². The second-order valence-electron chi connectivity index (χ2n) is 19.5. The normalized spacial score (nSPS) is 24.6. The summed E-state index contributed by atoms with van der Waals surface area (Å²) in [6.07, 6.45) is 14.8. The lowest BCUT2D eigenvalue weighted by Gasteiger charge is -2.33. The fraction of sp³-hybridized carbons (Fsp3) is 0.558. The molecule has 15 heteroatoms. The fourth-order valence-corrected chi connectivity index (χ4v) is 11.8. The number of para-hydroxylation sites is 1. The van der Waals surface area contributed by atoms with Crippen molar-refractivity contribution in [2.75, 3.05) is 65.7 Å². The molecule has 3 heterocycles. The Balaban J connectivity index is 0.000000244. The summed E-state index contributed by atoms with van der Waals surface area (Å²) >= 11 is 7.94. The number of carbonyl (C=O) groups excluding carboxylic acids is 2. The number of aromatic nitrogens is 2. The summed E-state index contributed by atoms with van der Waals surface area (Å²) in [6.45, 7) is 6.09. The molecule has 3 aromatic carbocycles. The van der Waals surface area contributed by atoms with Crippen LogP contribution in [0, 0.1) is 11.8 Å². The second kappa shape index (κ2) is 25.0. The van der Waals surface area contributed by atoms with E-state index in [9.17, 15) is 19.8 Å². The molecule has 11 nitrogen and oxygen atoms in total. The van der Waals surface area contributed by atoms with Crippen molar-refractivity contribution in [3.8, 4) is 5.75 Å². The summed E-state index contributed by atoms with van der Waals surface area (Å²) < 4.78 is 21.6. The van der Waals surface area contributed by atoms with Crippen molar-refractivity contribution in [1.29, 1.82) is 0 Å². The van der Waals surface area contributed by atoms with Gasteiger partial charge < -0.3 is 62.8 Å². The van der Waals surface area contributed by atoms with Gasteiger partial charge in [0.2, 0.25) is 0 Å². The second-order valence-corrected chi connectivity index (χ2v) is 21.0. The number of aryl methyl sites for hydroxylation is 1. The molecule has 4 aliphatic rings. The van der Waals surface area contributed by atoms with E-state index in [4.69, 9.17) is 25.8 Å². The van der Waals surface area contributed by atoms with E-state index in [1.54, 1.807) is 11.8 Å². The minimum Gasteiger partial charge on any atom is -1.00 e. The predicted octanol–water partition coefficient (Wildman–Crippen LogP) is 2.70. The summed E-state index contributed by atoms with van der Waals surface area (Å²) in [5.41, 5.74) is -1.79. The molecule has 0 amide bonds. The number of thioether (sulfide) groups is 1. The Kier molecular flexibility index (Phi) is 20.4. The third kappa shape index (κ3) is 13.7. The van der Waals surface area contributed by atoms with Crippen LogP contribution in [0.1, 0.15) is 88.2 Å². The van der Waals surface area contributed by atoms with Crippen LogP contribution < -0.4 is 29.6 Å². The number of hydrogen-bond acceptors (Lipinski definition) is 9. The van der Waals surface area contributed by atoms with Crippen molar-refractivity contribution in [2.24, 2.45) is 18.9 Å². The lowest BCUT2D eigenvalue weighted by molar-refractivity contribution is -0.899. The SMILES string of the molecule is C[N+]1(CCCOc2ccccc2Cl)CC[C@@H](OC(=O)[C@](O)(c2ccccc2)C2CCCC2)C1.Cn1ccnc1SCCC[N+]1(C)CC[C@@H](OC(=O)[C@](O)(c2ccccc2)C2CCCC2)C1.[Cl-].[Cl-]. The van der Waals surface area contributed by atoms with E-state index in [1.807, 2.05) is 109 Å². The number of rotatable bonds is 18. The van der Waals surface area contributed by atoms with Gasteiger partial charge in [-0.1, -0.05) is 122 Å². The van der Waals surface area contributed by atoms with E-state index < -0.39 is 23.1 Å². The molecular weight excluding hydrogens is 931 g/mol. The van der Waals surface area contributed by atoms with Gasteiger partial charge in [-0.3, -0.25) is 0 Å². The van der Waals surface area contributed by atoms with Gasteiger partial charge in [-0.05, 0) is 48.9 Å². The molecule has 4 fully saturated rings. The third-order valence-corrected chi connectivity index (χ3v) is 16.0. The first-order valence-electron chi connectivity index (χ1n) is 23.9. The number of esters is 2. The molecule has 368 valence electrons. The van der Waals surface area contributed by atoms with E-state index >= 15 is 0 Å².